The molecule has 2 rings (SSSR count). The summed E-state index contributed by atoms with van der Waals surface area (Å²) in [7, 11) is 3.83. The van der Waals surface area contributed by atoms with Crippen LogP contribution in [0.1, 0.15) is 18.4 Å². The van der Waals surface area contributed by atoms with E-state index < -0.39 is 0 Å². The van der Waals surface area contributed by atoms with Crippen LogP contribution in [0, 0.1) is 5.92 Å². The predicted octanol–water partition coefficient (Wildman–Crippen LogP) is 1.84. The largest absolute Gasteiger partial charge is 0.354 e. The molecule has 2 N–H and O–H groups in total. The summed E-state index contributed by atoms with van der Waals surface area (Å²) in [5, 5.41) is 6.03. The summed E-state index contributed by atoms with van der Waals surface area (Å²) < 4.78 is 0. The maximum absolute atomic E-state index is 11.7. The van der Waals surface area contributed by atoms with Crippen LogP contribution in [-0.4, -0.2) is 44.0 Å². The van der Waals surface area contributed by atoms with Gasteiger partial charge in [-0.05, 0) is 24.3 Å². The number of hydrogen-bond donors (Lipinski definition) is 2. The molecule has 122 valence electrons. The molecule has 0 spiro atoms. The molecule has 0 radical (unpaired) electrons. The van der Waals surface area contributed by atoms with E-state index in [2.05, 4.69) is 15.6 Å². The van der Waals surface area contributed by atoms with E-state index in [0.717, 1.165) is 18.1 Å². The smallest absolute Gasteiger partial charge is 0.239 e. The lowest BCUT2D eigenvalue weighted by Gasteiger charge is -2.17. The molecule has 0 saturated heterocycles. The highest BCUT2D eigenvalue weighted by molar-refractivity contribution is 14.0. The Morgan fingerprint density at radius 1 is 1.23 bits per heavy atom. The van der Waals surface area contributed by atoms with Crippen LogP contribution in [0.4, 0.5) is 0 Å². The predicted molar refractivity (Wildman–Crippen MR) is 100 cm³/mol. The van der Waals surface area contributed by atoms with Gasteiger partial charge < -0.3 is 15.5 Å². The van der Waals surface area contributed by atoms with Gasteiger partial charge in [0.05, 0.1) is 13.1 Å². The molecule has 22 heavy (non-hydrogen) atoms. The lowest BCUT2D eigenvalue weighted by atomic mass is 10.2. The lowest BCUT2D eigenvalue weighted by molar-refractivity contribution is -0.120. The first-order chi connectivity index (χ1) is 10.1. The molecule has 1 aliphatic carbocycles. The van der Waals surface area contributed by atoms with E-state index in [4.69, 9.17) is 0 Å². The van der Waals surface area contributed by atoms with E-state index in [0.29, 0.717) is 12.5 Å². The normalized spacial score (nSPS) is 14.0. The number of carbonyl (C=O) groups excluding carboxylic acids is 1. The second-order valence-corrected chi connectivity index (χ2v) is 5.62. The number of nitrogens with one attached hydrogen (secondary N) is 2. The van der Waals surface area contributed by atoms with Crippen molar-refractivity contribution in [2.45, 2.75) is 19.4 Å². The van der Waals surface area contributed by atoms with Gasteiger partial charge in [0.25, 0.3) is 0 Å². The number of benzene rings is 1. The molecule has 1 fully saturated rings. The van der Waals surface area contributed by atoms with E-state index in [-0.39, 0.29) is 36.4 Å². The monoisotopic (exact) mass is 416 g/mol. The zero-order valence-electron chi connectivity index (χ0n) is 13.2. The third-order valence-electron chi connectivity index (χ3n) is 3.37. The Labute approximate surface area is 149 Å². The number of aliphatic imine (C=N–C) groups is 1. The fourth-order valence-corrected chi connectivity index (χ4v) is 1.91. The molecule has 1 aliphatic rings. The Hall–Kier alpha value is -1.31. The van der Waals surface area contributed by atoms with Crippen LogP contribution in [-0.2, 0) is 11.3 Å². The quantitative estimate of drug-likeness (QED) is 0.423. The zero-order chi connectivity index (χ0) is 15.1. The summed E-state index contributed by atoms with van der Waals surface area (Å²) in [6, 6.07) is 10.1. The average Bonchev–Trinajstić information content (AvgIpc) is 3.30. The Morgan fingerprint density at radius 2 is 1.91 bits per heavy atom. The van der Waals surface area contributed by atoms with Gasteiger partial charge in [0.1, 0.15) is 0 Å². The molecule has 0 unspecified atom stereocenters. The molecule has 5 nitrogen and oxygen atoms in total. The third kappa shape index (κ3) is 7.11. The van der Waals surface area contributed by atoms with Crippen LogP contribution in [0.3, 0.4) is 0 Å². The van der Waals surface area contributed by atoms with Gasteiger partial charge in [0.2, 0.25) is 5.91 Å². The van der Waals surface area contributed by atoms with Gasteiger partial charge >= 0.3 is 0 Å². The van der Waals surface area contributed by atoms with Crippen molar-refractivity contribution in [2.75, 3.05) is 27.2 Å². The van der Waals surface area contributed by atoms with Crippen molar-refractivity contribution in [3.63, 3.8) is 0 Å². The van der Waals surface area contributed by atoms with Crippen molar-refractivity contribution >= 4 is 35.8 Å². The van der Waals surface area contributed by atoms with Crippen LogP contribution in [0.15, 0.2) is 35.3 Å². The number of carbonyl (C=O) groups is 1. The first kappa shape index (κ1) is 18.7. The Morgan fingerprint density at radius 3 is 2.50 bits per heavy atom. The molecular weight excluding hydrogens is 391 g/mol. The van der Waals surface area contributed by atoms with Gasteiger partial charge in [0, 0.05) is 20.6 Å². The van der Waals surface area contributed by atoms with Crippen LogP contribution >= 0.6 is 24.0 Å². The maximum Gasteiger partial charge on any atom is 0.239 e. The molecule has 1 amide bonds. The van der Waals surface area contributed by atoms with Crippen molar-refractivity contribution in [3.05, 3.63) is 35.9 Å². The van der Waals surface area contributed by atoms with E-state index in [1.54, 1.807) is 0 Å². The number of guanidine groups is 1. The van der Waals surface area contributed by atoms with Gasteiger partial charge in [-0.15, -0.1) is 24.0 Å². The lowest BCUT2D eigenvalue weighted by Crippen LogP contribution is -2.43. The molecule has 0 bridgehead atoms. The fourth-order valence-electron chi connectivity index (χ4n) is 1.91. The van der Waals surface area contributed by atoms with E-state index in [9.17, 15) is 4.79 Å². The number of hydrogen-bond acceptors (Lipinski definition) is 2. The highest BCUT2D eigenvalue weighted by atomic mass is 127. The fraction of sp³-hybridized carbons (Fsp3) is 0.500. The summed E-state index contributed by atoms with van der Waals surface area (Å²) in [6.45, 7) is 1.67. The highest BCUT2D eigenvalue weighted by Gasteiger charge is 2.21. The van der Waals surface area contributed by atoms with Gasteiger partial charge in [-0.2, -0.15) is 0 Å². The van der Waals surface area contributed by atoms with Gasteiger partial charge in [-0.25, -0.2) is 4.99 Å². The zero-order valence-corrected chi connectivity index (χ0v) is 15.5. The minimum atomic E-state index is 0. The van der Waals surface area contributed by atoms with Crippen molar-refractivity contribution in [1.29, 1.82) is 0 Å². The number of amides is 1. The first-order valence-electron chi connectivity index (χ1n) is 7.41. The molecule has 0 aromatic heterocycles. The summed E-state index contributed by atoms with van der Waals surface area (Å²) in [5.41, 5.74) is 1.15. The van der Waals surface area contributed by atoms with E-state index in [1.165, 1.54) is 12.8 Å². The standard InChI is InChI=1S/C16H24N4O.HI/c1-20(2)16(18-11-13-6-4-3-5-7-13)19-12-15(21)17-10-14-8-9-14;/h3-7,14H,8-12H2,1-2H3,(H,17,21)(H,18,19);1H. The second-order valence-electron chi connectivity index (χ2n) is 5.62. The molecule has 0 atom stereocenters. The van der Waals surface area contributed by atoms with Gasteiger partial charge in [0.15, 0.2) is 5.96 Å². The van der Waals surface area contributed by atoms with Crippen molar-refractivity contribution in [3.8, 4) is 0 Å². The number of rotatable bonds is 6. The van der Waals surface area contributed by atoms with Crippen molar-refractivity contribution in [1.82, 2.24) is 15.5 Å². The molecule has 6 heteroatoms. The van der Waals surface area contributed by atoms with Gasteiger partial charge in [-0.3, -0.25) is 4.79 Å². The summed E-state index contributed by atoms with van der Waals surface area (Å²) >= 11 is 0. The molecule has 1 saturated carbocycles. The molecule has 1 aromatic carbocycles. The molecule has 1 aromatic rings. The van der Waals surface area contributed by atoms with Crippen LogP contribution < -0.4 is 10.6 Å². The highest BCUT2D eigenvalue weighted by Crippen LogP contribution is 2.27. The van der Waals surface area contributed by atoms with Crippen molar-refractivity contribution < 1.29 is 4.79 Å². The SMILES string of the molecule is CN(C)C(=NCc1ccccc1)NCC(=O)NCC1CC1.I. The Kier molecular flexibility index (Phi) is 8.22. The summed E-state index contributed by atoms with van der Waals surface area (Å²) in [6.07, 6.45) is 2.49. The Bertz CT molecular complexity index is 486. The Balaban J connectivity index is 0.00000242. The minimum Gasteiger partial charge on any atom is -0.354 e. The number of nitrogens with zero attached hydrogens (tertiary/aromatic N) is 2. The molecular formula is C16H25IN4O. The van der Waals surface area contributed by atoms with Crippen LogP contribution in [0.25, 0.3) is 0 Å². The molecule has 0 heterocycles. The summed E-state index contributed by atoms with van der Waals surface area (Å²) in [4.78, 5) is 18.1. The van der Waals surface area contributed by atoms with Crippen LogP contribution in [0.2, 0.25) is 0 Å². The summed E-state index contributed by atoms with van der Waals surface area (Å²) in [5.74, 6) is 1.45. The van der Waals surface area contributed by atoms with Gasteiger partial charge in [-0.1, -0.05) is 30.3 Å². The number of halogens is 1. The topological polar surface area (TPSA) is 56.7 Å². The molecule has 0 aliphatic heterocycles. The van der Waals surface area contributed by atoms with E-state index in [1.807, 2.05) is 49.3 Å². The minimum absolute atomic E-state index is 0. The third-order valence-corrected chi connectivity index (χ3v) is 3.37. The van der Waals surface area contributed by atoms with Crippen molar-refractivity contribution in [2.24, 2.45) is 10.9 Å². The first-order valence-corrected chi connectivity index (χ1v) is 7.41. The maximum atomic E-state index is 11.7. The average molecular weight is 416 g/mol. The second kappa shape index (κ2) is 9.66. The van der Waals surface area contributed by atoms with Crippen LogP contribution in [0.5, 0.6) is 0 Å². The van der Waals surface area contributed by atoms with E-state index >= 15 is 0 Å².